The van der Waals surface area contributed by atoms with Crippen molar-refractivity contribution in [3.63, 3.8) is 0 Å². The van der Waals surface area contributed by atoms with E-state index in [1.54, 1.807) is 18.3 Å². The predicted octanol–water partition coefficient (Wildman–Crippen LogP) is 2.81. The Bertz CT molecular complexity index is 745. The van der Waals surface area contributed by atoms with E-state index in [9.17, 15) is 4.79 Å². The summed E-state index contributed by atoms with van der Waals surface area (Å²) in [5, 5.41) is 6.69. The van der Waals surface area contributed by atoms with Crippen LogP contribution in [0.4, 0.5) is 0 Å². The van der Waals surface area contributed by atoms with Crippen molar-refractivity contribution in [3.05, 3.63) is 53.9 Å². The largest absolute Gasteiger partial charge is 0.457 e. The summed E-state index contributed by atoms with van der Waals surface area (Å²) in [6.07, 6.45) is 5.15. The number of pyridine rings is 1. The van der Waals surface area contributed by atoms with Crippen LogP contribution in [-0.4, -0.2) is 29.0 Å². The lowest BCUT2D eigenvalue weighted by atomic mass is 9.95. The first-order chi connectivity index (χ1) is 11.7. The first kappa shape index (κ1) is 15.1. The van der Waals surface area contributed by atoms with Crippen LogP contribution < -0.4 is 15.4 Å². The van der Waals surface area contributed by atoms with Gasteiger partial charge in [-0.1, -0.05) is 0 Å². The highest BCUT2D eigenvalue weighted by Crippen LogP contribution is 2.28. The molecule has 0 spiro atoms. The fourth-order valence-corrected chi connectivity index (χ4v) is 3.63. The van der Waals surface area contributed by atoms with Crippen LogP contribution in [0.2, 0.25) is 0 Å². The van der Waals surface area contributed by atoms with Crippen LogP contribution in [0.5, 0.6) is 11.5 Å². The van der Waals surface area contributed by atoms with Crippen LogP contribution >= 0.6 is 0 Å². The molecule has 24 heavy (non-hydrogen) atoms. The molecule has 1 aromatic heterocycles. The van der Waals surface area contributed by atoms with Gasteiger partial charge < -0.3 is 15.4 Å². The van der Waals surface area contributed by atoms with Gasteiger partial charge in [-0.15, -0.1) is 0 Å². The fourth-order valence-electron chi connectivity index (χ4n) is 3.63. The molecule has 0 saturated carbocycles. The lowest BCUT2D eigenvalue weighted by molar-refractivity contribution is 0.0931. The third-order valence-electron chi connectivity index (χ3n) is 4.84. The van der Waals surface area contributed by atoms with Gasteiger partial charge in [0.1, 0.15) is 11.5 Å². The lowest BCUT2D eigenvalue weighted by Crippen LogP contribution is -2.42. The normalized spacial score (nSPS) is 24.8. The summed E-state index contributed by atoms with van der Waals surface area (Å²) in [5.41, 5.74) is 1.57. The molecule has 2 aliphatic heterocycles. The van der Waals surface area contributed by atoms with E-state index < -0.39 is 0 Å². The Morgan fingerprint density at radius 3 is 2.71 bits per heavy atom. The Morgan fingerprint density at radius 2 is 2.04 bits per heavy atom. The third-order valence-corrected chi connectivity index (χ3v) is 4.84. The number of benzene rings is 1. The molecule has 5 nitrogen and oxygen atoms in total. The highest BCUT2D eigenvalue weighted by molar-refractivity contribution is 5.94. The molecule has 3 heterocycles. The quantitative estimate of drug-likeness (QED) is 0.908. The van der Waals surface area contributed by atoms with E-state index in [1.807, 2.05) is 31.2 Å². The standard InChI is InChI=1S/C19H21N3O2/c1-12-10-16(8-9-20-12)24-15-5-2-13(3-6-15)19(23)22-18-11-14-4-7-17(18)21-14/h2-3,5-6,8-10,14,17-18,21H,4,7,11H2,1H3,(H,22,23). The number of hydrogen-bond donors (Lipinski definition) is 2. The molecule has 3 unspecified atom stereocenters. The summed E-state index contributed by atoms with van der Waals surface area (Å²) in [5.74, 6) is 1.44. The number of nitrogens with one attached hydrogen (secondary N) is 2. The molecule has 1 amide bonds. The minimum atomic E-state index is -0.0133. The van der Waals surface area contributed by atoms with E-state index >= 15 is 0 Å². The van der Waals surface area contributed by atoms with Crippen molar-refractivity contribution < 1.29 is 9.53 Å². The Morgan fingerprint density at radius 1 is 1.21 bits per heavy atom. The van der Waals surface area contributed by atoms with Gasteiger partial charge >= 0.3 is 0 Å². The second kappa shape index (κ2) is 6.24. The molecule has 0 aliphatic carbocycles. The van der Waals surface area contributed by atoms with Crippen molar-refractivity contribution in [1.82, 2.24) is 15.6 Å². The zero-order chi connectivity index (χ0) is 16.5. The summed E-state index contributed by atoms with van der Waals surface area (Å²) in [4.78, 5) is 16.5. The highest BCUT2D eigenvalue weighted by Gasteiger charge is 2.39. The van der Waals surface area contributed by atoms with Gasteiger partial charge in [0.15, 0.2) is 0 Å². The first-order valence-electron chi connectivity index (χ1n) is 8.45. The van der Waals surface area contributed by atoms with E-state index in [0.717, 1.165) is 24.3 Å². The maximum Gasteiger partial charge on any atom is 0.251 e. The number of amides is 1. The molecular formula is C19H21N3O2. The van der Waals surface area contributed by atoms with E-state index in [4.69, 9.17) is 4.74 Å². The molecule has 4 rings (SSSR count). The van der Waals surface area contributed by atoms with Gasteiger partial charge in [0.25, 0.3) is 5.91 Å². The Hall–Kier alpha value is -2.40. The molecule has 2 saturated heterocycles. The van der Waals surface area contributed by atoms with Crippen molar-refractivity contribution in [2.24, 2.45) is 0 Å². The van der Waals surface area contributed by atoms with E-state index in [-0.39, 0.29) is 11.9 Å². The van der Waals surface area contributed by atoms with Crippen LogP contribution in [0.1, 0.15) is 35.3 Å². The van der Waals surface area contributed by atoms with Gasteiger partial charge in [-0.25, -0.2) is 0 Å². The van der Waals surface area contributed by atoms with E-state index in [0.29, 0.717) is 23.4 Å². The van der Waals surface area contributed by atoms with Crippen LogP contribution in [0.25, 0.3) is 0 Å². The van der Waals surface area contributed by atoms with Gasteiger partial charge in [-0.2, -0.15) is 0 Å². The summed E-state index contributed by atoms with van der Waals surface area (Å²) in [6.45, 7) is 1.92. The van der Waals surface area contributed by atoms with Crippen molar-refractivity contribution >= 4 is 5.91 Å². The molecule has 2 fully saturated rings. The Kier molecular flexibility index (Phi) is 3.94. The lowest BCUT2D eigenvalue weighted by Gasteiger charge is -2.21. The monoisotopic (exact) mass is 323 g/mol. The second-order valence-corrected chi connectivity index (χ2v) is 6.62. The van der Waals surface area contributed by atoms with E-state index in [2.05, 4.69) is 15.6 Å². The van der Waals surface area contributed by atoms with Crippen LogP contribution in [-0.2, 0) is 0 Å². The minimum Gasteiger partial charge on any atom is -0.457 e. The minimum absolute atomic E-state index is 0.0133. The highest BCUT2D eigenvalue weighted by atomic mass is 16.5. The van der Waals surface area contributed by atoms with Gasteiger partial charge in [0, 0.05) is 41.6 Å². The number of aromatic nitrogens is 1. The maximum absolute atomic E-state index is 12.4. The average molecular weight is 323 g/mol. The number of nitrogens with zero attached hydrogens (tertiary/aromatic N) is 1. The molecule has 2 aliphatic rings. The molecule has 2 aromatic rings. The fraction of sp³-hybridized carbons (Fsp3) is 0.368. The summed E-state index contributed by atoms with van der Waals surface area (Å²) in [7, 11) is 0. The summed E-state index contributed by atoms with van der Waals surface area (Å²) in [6, 6.07) is 12.2. The van der Waals surface area contributed by atoms with Gasteiger partial charge in [-0.3, -0.25) is 9.78 Å². The molecule has 2 bridgehead atoms. The van der Waals surface area contributed by atoms with Crippen LogP contribution in [0.15, 0.2) is 42.6 Å². The zero-order valence-electron chi connectivity index (χ0n) is 13.7. The average Bonchev–Trinajstić information content (AvgIpc) is 3.18. The molecule has 3 atom stereocenters. The number of carbonyl (C=O) groups is 1. The molecule has 0 radical (unpaired) electrons. The summed E-state index contributed by atoms with van der Waals surface area (Å²) < 4.78 is 5.79. The van der Waals surface area contributed by atoms with Crippen LogP contribution in [0.3, 0.4) is 0 Å². The number of ether oxygens (including phenoxy) is 1. The molecule has 2 N–H and O–H groups in total. The van der Waals surface area contributed by atoms with Crippen LogP contribution in [0, 0.1) is 6.92 Å². The first-order valence-corrected chi connectivity index (χ1v) is 8.45. The van der Waals surface area contributed by atoms with Gasteiger partial charge in [0.05, 0.1) is 0 Å². The molecule has 5 heteroatoms. The van der Waals surface area contributed by atoms with E-state index in [1.165, 1.54) is 6.42 Å². The van der Waals surface area contributed by atoms with Gasteiger partial charge in [-0.05, 0) is 56.5 Å². The number of carbonyl (C=O) groups excluding carboxylic acids is 1. The van der Waals surface area contributed by atoms with Crippen molar-refractivity contribution in [1.29, 1.82) is 0 Å². The smallest absolute Gasteiger partial charge is 0.251 e. The van der Waals surface area contributed by atoms with Crippen molar-refractivity contribution in [2.75, 3.05) is 0 Å². The molecule has 124 valence electrons. The van der Waals surface area contributed by atoms with Crippen molar-refractivity contribution in [3.8, 4) is 11.5 Å². The van der Waals surface area contributed by atoms with Crippen molar-refractivity contribution in [2.45, 2.75) is 44.3 Å². The number of fused-ring (bicyclic) bond motifs is 2. The zero-order valence-corrected chi connectivity index (χ0v) is 13.7. The molecular weight excluding hydrogens is 302 g/mol. The van der Waals surface area contributed by atoms with Gasteiger partial charge in [0.2, 0.25) is 0 Å². The Labute approximate surface area is 141 Å². The number of aryl methyl sites for hydroxylation is 1. The second-order valence-electron chi connectivity index (χ2n) is 6.62. The predicted molar refractivity (Wildman–Crippen MR) is 91.3 cm³/mol. The SMILES string of the molecule is Cc1cc(Oc2ccc(C(=O)NC3CC4CCC3N4)cc2)ccn1. The Balaban J connectivity index is 1.39. The summed E-state index contributed by atoms with van der Waals surface area (Å²) >= 11 is 0. The topological polar surface area (TPSA) is 63.2 Å². The maximum atomic E-state index is 12.4. The number of hydrogen-bond acceptors (Lipinski definition) is 4. The number of rotatable bonds is 4. The third kappa shape index (κ3) is 3.12. The molecule has 1 aromatic carbocycles.